The molecule has 3 rings (SSSR count). The largest absolute Gasteiger partial charge is 0.494 e. The Bertz CT molecular complexity index is 1140. The van der Waals surface area contributed by atoms with Gasteiger partial charge in [-0.2, -0.15) is 13.2 Å². The fourth-order valence-electron chi connectivity index (χ4n) is 4.07. The number of halogens is 4. The van der Waals surface area contributed by atoms with Gasteiger partial charge in [0.05, 0.1) is 23.6 Å². The van der Waals surface area contributed by atoms with E-state index in [4.69, 9.17) is 21.4 Å². The number of benzene rings is 3. The van der Waals surface area contributed by atoms with Gasteiger partial charge in [0.25, 0.3) is 0 Å². The Hall–Kier alpha value is -3.03. The Morgan fingerprint density at radius 1 is 1.06 bits per heavy atom. The van der Waals surface area contributed by atoms with E-state index < -0.39 is 17.7 Å². The van der Waals surface area contributed by atoms with Crippen LogP contribution in [0.3, 0.4) is 0 Å². The summed E-state index contributed by atoms with van der Waals surface area (Å²) < 4.78 is 45.9. The second-order valence-corrected chi connectivity index (χ2v) is 9.12. The lowest BCUT2D eigenvalue weighted by Gasteiger charge is -2.27. The average molecular weight is 520 g/mol. The van der Waals surface area contributed by atoms with Gasteiger partial charge in [-0.1, -0.05) is 73.1 Å². The molecular formula is C28H29ClF3NO3. The van der Waals surface area contributed by atoms with Gasteiger partial charge in [0.15, 0.2) is 0 Å². The molecule has 36 heavy (non-hydrogen) atoms. The highest BCUT2D eigenvalue weighted by Gasteiger charge is 2.34. The second-order valence-electron chi connectivity index (χ2n) is 8.74. The van der Waals surface area contributed by atoms with Gasteiger partial charge in [-0.05, 0) is 47.2 Å². The highest BCUT2D eigenvalue weighted by Crippen LogP contribution is 2.36. The summed E-state index contributed by atoms with van der Waals surface area (Å²) in [5, 5.41) is 8.70. The van der Waals surface area contributed by atoms with Crippen LogP contribution in [0.4, 0.5) is 13.2 Å². The van der Waals surface area contributed by atoms with Crippen molar-refractivity contribution in [2.45, 2.75) is 38.4 Å². The maximum atomic E-state index is 13.4. The first kappa shape index (κ1) is 27.6. The predicted molar refractivity (Wildman–Crippen MR) is 134 cm³/mol. The van der Waals surface area contributed by atoms with Gasteiger partial charge in [-0.3, -0.25) is 9.69 Å². The van der Waals surface area contributed by atoms with Gasteiger partial charge < -0.3 is 9.84 Å². The topological polar surface area (TPSA) is 49.8 Å². The van der Waals surface area contributed by atoms with Crippen LogP contribution in [0, 0.1) is 0 Å². The Labute approximate surface area is 214 Å². The van der Waals surface area contributed by atoms with Gasteiger partial charge >= 0.3 is 12.1 Å². The van der Waals surface area contributed by atoms with E-state index in [1.54, 1.807) is 30.3 Å². The number of hydrogen-bond acceptors (Lipinski definition) is 3. The van der Waals surface area contributed by atoms with Crippen molar-refractivity contribution in [2.75, 3.05) is 19.7 Å². The number of carboxylic acids is 1. The van der Waals surface area contributed by atoms with Crippen LogP contribution in [0.5, 0.6) is 5.75 Å². The fraction of sp³-hybridized carbons (Fsp3) is 0.321. The van der Waals surface area contributed by atoms with Crippen LogP contribution in [0.25, 0.3) is 0 Å². The molecule has 0 radical (unpaired) electrons. The van der Waals surface area contributed by atoms with E-state index in [0.717, 1.165) is 11.6 Å². The molecule has 192 valence electrons. The first-order chi connectivity index (χ1) is 17.1. The number of nitrogens with zero attached hydrogens (tertiary/aromatic N) is 1. The predicted octanol–water partition coefficient (Wildman–Crippen LogP) is 7.06. The van der Waals surface area contributed by atoms with Crippen LogP contribution < -0.4 is 4.74 Å². The van der Waals surface area contributed by atoms with Crippen molar-refractivity contribution < 1.29 is 27.8 Å². The molecule has 4 nitrogen and oxygen atoms in total. The number of hydrogen-bond donors (Lipinski definition) is 1. The van der Waals surface area contributed by atoms with Crippen molar-refractivity contribution in [3.05, 3.63) is 100 Å². The van der Waals surface area contributed by atoms with E-state index in [1.807, 2.05) is 30.3 Å². The lowest BCUT2D eigenvalue weighted by Crippen LogP contribution is -2.30. The van der Waals surface area contributed by atoms with Crippen molar-refractivity contribution in [3.8, 4) is 5.75 Å². The zero-order chi connectivity index (χ0) is 26.1. The number of carbonyl (C=O) groups is 1. The highest BCUT2D eigenvalue weighted by atomic mass is 35.5. The van der Waals surface area contributed by atoms with Crippen LogP contribution in [-0.4, -0.2) is 35.7 Å². The molecular weight excluding hydrogens is 491 g/mol. The third-order valence-electron chi connectivity index (χ3n) is 5.82. The lowest BCUT2D eigenvalue weighted by atomic mass is 10.00. The van der Waals surface area contributed by atoms with Gasteiger partial charge in [-0.15, -0.1) is 0 Å². The molecule has 1 unspecified atom stereocenters. The third kappa shape index (κ3) is 8.28. The molecule has 0 saturated carbocycles. The average Bonchev–Trinajstić information content (AvgIpc) is 2.82. The first-order valence-corrected chi connectivity index (χ1v) is 12.1. The molecule has 0 heterocycles. The first-order valence-electron chi connectivity index (χ1n) is 11.7. The van der Waals surface area contributed by atoms with Crippen LogP contribution in [0.2, 0.25) is 5.02 Å². The number of ether oxygens (including phenoxy) is 1. The van der Waals surface area contributed by atoms with Crippen molar-refractivity contribution in [1.82, 2.24) is 4.90 Å². The Morgan fingerprint density at radius 2 is 1.78 bits per heavy atom. The lowest BCUT2D eigenvalue weighted by molar-refractivity contribution is -0.138. The van der Waals surface area contributed by atoms with Gasteiger partial charge in [0.1, 0.15) is 5.75 Å². The Morgan fingerprint density at radius 3 is 2.47 bits per heavy atom. The molecule has 0 bridgehead atoms. The fourth-order valence-corrected chi connectivity index (χ4v) is 4.36. The normalized spacial score (nSPS) is 12.5. The van der Waals surface area contributed by atoms with E-state index in [-0.39, 0.29) is 23.9 Å². The van der Waals surface area contributed by atoms with Crippen molar-refractivity contribution in [3.63, 3.8) is 0 Å². The van der Waals surface area contributed by atoms with Gasteiger partial charge in [0.2, 0.25) is 0 Å². The standard InChI is InChI=1S/C28H29ClF3NO3/c1-20(22-9-3-2-4-10-22)18-33(19-23-11-6-13-25(27(23)29)28(30,31)32)14-7-15-36-24-12-5-8-21(16-24)17-26(34)35/h2-6,8-13,16,20H,7,14-15,17-19H2,1H3,(H,34,35). The maximum absolute atomic E-state index is 13.4. The maximum Gasteiger partial charge on any atom is 0.417 e. The molecule has 1 N–H and O–H groups in total. The smallest absolute Gasteiger partial charge is 0.417 e. The number of aliphatic carboxylic acids is 1. The SMILES string of the molecule is CC(CN(CCCOc1cccc(CC(=O)O)c1)Cc1cccc(C(F)(F)F)c1Cl)c1ccccc1. The zero-order valence-electron chi connectivity index (χ0n) is 20.0. The van der Waals surface area contributed by atoms with Crippen molar-refractivity contribution >= 4 is 17.6 Å². The number of rotatable bonds is 12. The van der Waals surface area contributed by atoms with Crippen molar-refractivity contribution in [2.24, 2.45) is 0 Å². The Kier molecular flexibility index (Phi) is 9.79. The van der Waals surface area contributed by atoms with E-state index in [2.05, 4.69) is 11.8 Å². The number of alkyl halides is 3. The number of carboxylic acid groups (broad SMARTS) is 1. The van der Waals surface area contributed by atoms with Crippen LogP contribution >= 0.6 is 11.6 Å². The molecule has 3 aromatic carbocycles. The molecule has 0 fully saturated rings. The van der Waals surface area contributed by atoms with Gasteiger partial charge in [0, 0.05) is 19.6 Å². The summed E-state index contributed by atoms with van der Waals surface area (Å²) in [7, 11) is 0. The second kappa shape index (κ2) is 12.8. The quantitative estimate of drug-likeness (QED) is 0.260. The molecule has 0 aliphatic heterocycles. The minimum Gasteiger partial charge on any atom is -0.494 e. The summed E-state index contributed by atoms with van der Waals surface area (Å²) in [6.07, 6.45) is -3.97. The molecule has 3 aromatic rings. The van der Waals surface area contributed by atoms with Crippen LogP contribution in [0.15, 0.2) is 72.8 Å². The van der Waals surface area contributed by atoms with Crippen LogP contribution in [0.1, 0.15) is 41.5 Å². The zero-order valence-corrected chi connectivity index (χ0v) is 20.7. The van der Waals surface area contributed by atoms with Crippen molar-refractivity contribution in [1.29, 1.82) is 0 Å². The third-order valence-corrected chi connectivity index (χ3v) is 6.27. The molecule has 0 aliphatic carbocycles. The van der Waals surface area contributed by atoms with E-state index in [9.17, 15) is 18.0 Å². The molecule has 0 saturated heterocycles. The van der Waals surface area contributed by atoms with Crippen LogP contribution in [-0.2, 0) is 23.9 Å². The summed E-state index contributed by atoms with van der Waals surface area (Å²) in [6, 6.07) is 20.9. The van der Waals surface area contributed by atoms with Gasteiger partial charge in [-0.25, -0.2) is 0 Å². The molecule has 1 atom stereocenters. The monoisotopic (exact) mass is 519 g/mol. The molecule has 0 aromatic heterocycles. The summed E-state index contributed by atoms with van der Waals surface area (Å²) in [5.74, 6) is -0.174. The summed E-state index contributed by atoms with van der Waals surface area (Å²) in [4.78, 5) is 13.0. The highest BCUT2D eigenvalue weighted by molar-refractivity contribution is 6.32. The molecule has 0 amide bonds. The minimum absolute atomic E-state index is 0.0832. The summed E-state index contributed by atoms with van der Waals surface area (Å²) >= 11 is 6.17. The Balaban J connectivity index is 1.68. The minimum atomic E-state index is -4.52. The summed E-state index contributed by atoms with van der Waals surface area (Å²) in [6.45, 7) is 3.95. The molecule has 8 heteroatoms. The molecule has 0 spiro atoms. The van der Waals surface area contributed by atoms with E-state index in [1.165, 1.54) is 6.07 Å². The van der Waals surface area contributed by atoms with E-state index >= 15 is 0 Å². The molecule has 0 aliphatic rings. The summed E-state index contributed by atoms with van der Waals surface area (Å²) in [5.41, 5.74) is 1.39. The van der Waals surface area contributed by atoms with E-state index in [0.29, 0.717) is 43.0 Å².